The molecule has 0 aliphatic heterocycles. The van der Waals surface area contributed by atoms with E-state index in [2.05, 4.69) is 30.6 Å². The summed E-state index contributed by atoms with van der Waals surface area (Å²) in [7, 11) is 2.89. The second kappa shape index (κ2) is 22.4. The average molecular weight is 827 g/mol. The Morgan fingerprint density at radius 1 is 0.433 bits per heavy atom. The first kappa shape index (κ1) is 43.6. The summed E-state index contributed by atoms with van der Waals surface area (Å²) in [6, 6.07) is 15.7. The minimum Gasteiger partial charge on any atom is -0.504 e. The highest BCUT2D eigenvalue weighted by Crippen LogP contribution is 2.34. The van der Waals surface area contributed by atoms with Gasteiger partial charge in [-0.15, -0.1) is 0 Å². The first-order valence-corrected chi connectivity index (χ1v) is 18.7. The van der Waals surface area contributed by atoms with E-state index in [9.17, 15) is 30.6 Å². The first-order valence-electron chi connectivity index (χ1n) is 18.7. The summed E-state index contributed by atoms with van der Waals surface area (Å²) in [5.41, 5.74) is 1.85. The molecule has 6 N–H and O–H groups in total. The van der Waals surface area contributed by atoms with Gasteiger partial charge in [-0.25, -0.2) is 0 Å². The minimum absolute atomic E-state index is 0.0352. The van der Waals surface area contributed by atoms with E-state index >= 15 is 0 Å². The average Bonchev–Trinajstić information content (AvgIpc) is 3.26. The normalized spacial score (nSPS) is 15.8. The molecule has 4 aromatic rings. The number of phenols is 6. The molecular weight excluding hydrogens is 780 g/mol. The SMILES string of the molecule is COc1cccc(/C=N/OCCO/N=C/c2ccc(C=NC3CCCCC3N=Cc3ccc(/C=N/OCCO/N=C/c4cccc(OC)c4O)c(O)c3O)c(O)c2O)c1O. The number of hydrogen-bond donors (Lipinski definition) is 6. The number of methoxy groups -OCH3 is 2. The van der Waals surface area contributed by atoms with Crippen LogP contribution >= 0.6 is 0 Å². The van der Waals surface area contributed by atoms with Crippen molar-refractivity contribution in [3.63, 3.8) is 0 Å². The molecule has 2 unspecified atom stereocenters. The van der Waals surface area contributed by atoms with E-state index in [-0.39, 0.29) is 72.6 Å². The second-order valence-electron chi connectivity index (χ2n) is 12.9. The molecule has 0 saturated heterocycles. The van der Waals surface area contributed by atoms with Crippen molar-refractivity contribution in [2.45, 2.75) is 37.8 Å². The first-order chi connectivity index (χ1) is 29.2. The Balaban J connectivity index is 1.08. The molecule has 0 spiro atoms. The number of oxime groups is 4. The zero-order valence-corrected chi connectivity index (χ0v) is 32.9. The molecule has 316 valence electrons. The largest absolute Gasteiger partial charge is 0.504 e. The molecule has 2 atom stereocenters. The Morgan fingerprint density at radius 2 is 0.733 bits per heavy atom. The van der Waals surface area contributed by atoms with Gasteiger partial charge >= 0.3 is 0 Å². The number of hydrogen-bond acceptors (Lipinski definition) is 18. The van der Waals surface area contributed by atoms with Crippen LogP contribution in [0.2, 0.25) is 0 Å². The fourth-order valence-electron chi connectivity index (χ4n) is 5.78. The molecule has 18 heteroatoms. The predicted octanol–water partition coefficient (Wildman–Crippen LogP) is 5.59. The molecule has 0 heterocycles. The Morgan fingerprint density at radius 3 is 1.05 bits per heavy atom. The van der Waals surface area contributed by atoms with Gasteiger partial charge in [0.25, 0.3) is 0 Å². The highest BCUT2D eigenvalue weighted by molar-refractivity contribution is 5.92. The van der Waals surface area contributed by atoms with Gasteiger partial charge in [-0.3, -0.25) is 9.98 Å². The molecule has 1 aliphatic carbocycles. The van der Waals surface area contributed by atoms with Crippen molar-refractivity contribution in [1.82, 2.24) is 0 Å². The molecule has 5 rings (SSSR count). The minimum atomic E-state index is -0.401. The maximum Gasteiger partial charge on any atom is 0.167 e. The lowest BCUT2D eigenvalue weighted by Crippen LogP contribution is -2.27. The molecule has 60 heavy (non-hydrogen) atoms. The highest BCUT2D eigenvalue weighted by Gasteiger charge is 2.24. The van der Waals surface area contributed by atoms with Crippen LogP contribution in [0.15, 0.2) is 91.3 Å². The van der Waals surface area contributed by atoms with Crippen LogP contribution < -0.4 is 9.47 Å². The molecule has 1 aliphatic rings. The van der Waals surface area contributed by atoms with Crippen molar-refractivity contribution >= 4 is 37.3 Å². The van der Waals surface area contributed by atoms with Crippen LogP contribution in [0.25, 0.3) is 0 Å². The van der Waals surface area contributed by atoms with Crippen LogP contribution in [0.5, 0.6) is 46.0 Å². The van der Waals surface area contributed by atoms with Crippen LogP contribution in [-0.2, 0) is 19.4 Å². The molecule has 4 aromatic carbocycles. The van der Waals surface area contributed by atoms with Crippen molar-refractivity contribution in [2.75, 3.05) is 40.6 Å². The van der Waals surface area contributed by atoms with Crippen molar-refractivity contribution in [3.05, 3.63) is 94.0 Å². The standard InChI is InChI=1S/C42H46N6O12/c1-55-35-11-5-7-27(37(35)49)23-45-57-17-19-59-47-25-31-15-13-29(39(51)41(31)53)21-43-33-9-3-4-10-34(33)44-22-30-14-16-32(42(54)40(30)52)26-48-60-20-18-58-46-24-28-8-6-12-36(56-2)38(28)50/h5-8,11-16,21-26,33-34,49-54H,3-4,9-10,17-20H2,1-2H3/b43-21?,44-22?,45-23+,46-24+,47-25+,48-26+. The summed E-state index contributed by atoms with van der Waals surface area (Å²) in [4.78, 5) is 29.9. The second-order valence-corrected chi connectivity index (χ2v) is 12.9. The van der Waals surface area contributed by atoms with Crippen LogP contribution in [-0.4, -0.2) is 121 Å². The molecule has 0 radical (unpaired) electrons. The number of ether oxygens (including phenoxy) is 2. The van der Waals surface area contributed by atoms with E-state index < -0.39 is 11.5 Å². The topological polar surface area (TPSA) is 251 Å². The van der Waals surface area contributed by atoms with Crippen molar-refractivity contribution in [2.24, 2.45) is 30.6 Å². The highest BCUT2D eigenvalue weighted by atomic mass is 16.7. The van der Waals surface area contributed by atoms with Gasteiger partial charge in [0.2, 0.25) is 0 Å². The van der Waals surface area contributed by atoms with Gasteiger partial charge < -0.3 is 59.5 Å². The fraction of sp³-hybridized carbons (Fsp3) is 0.286. The van der Waals surface area contributed by atoms with E-state index in [0.717, 1.165) is 25.7 Å². The summed E-state index contributed by atoms with van der Waals surface area (Å²) in [5, 5.41) is 77.9. The fourth-order valence-corrected chi connectivity index (χ4v) is 5.78. The van der Waals surface area contributed by atoms with Gasteiger partial charge in [0, 0.05) is 45.8 Å². The quantitative estimate of drug-likeness (QED) is 0.0276. The third kappa shape index (κ3) is 12.0. The molecule has 1 saturated carbocycles. The summed E-state index contributed by atoms with van der Waals surface area (Å²) < 4.78 is 10.1. The Kier molecular flexibility index (Phi) is 16.3. The van der Waals surface area contributed by atoms with Crippen molar-refractivity contribution < 1.29 is 59.5 Å². The number of benzene rings is 4. The summed E-state index contributed by atoms with van der Waals surface area (Å²) in [6.45, 7) is 0.174. The number of nitrogens with zero attached hydrogens (tertiary/aromatic N) is 6. The lowest BCUT2D eigenvalue weighted by Gasteiger charge is -2.25. The van der Waals surface area contributed by atoms with E-state index in [0.29, 0.717) is 33.8 Å². The van der Waals surface area contributed by atoms with Gasteiger partial charge in [0.05, 0.1) is 51.2 Å². The van der Waals surface area contributed by atoms with E-state index in [4.69, 9.17) is 28.8 Å². The van der Waals surface area contributed by atoms with Crippen molar-refractivity contribution in [1.29, 1.82) is 0 Å². The van der Waals surface area contributed by atoms with Crippen molar-refractivity contribution in [3.8, 4) is 46.0 Å². The van der Waals surface area contributed by atoms with Gasteiger partial charge in [-0.1, -0.05) is 45.6 Å². The number of phenolic OH excluding ortho intramolecular Hbond substituents is 6. The van der Waals surface area contributed by atoms with Gasteiger partial charge in [0.1, 0.15) is 0 Å². The summed E-state index contributed by atoms with van der Waals surface area (Å²) >= 11 is 0. The molecule has 18 nitrogen and oxygen atoms in total. The zero-order valence-electron chi connectivity index (χ0n) is 32.9. The van der Waals surface area contributed by atoms with Crippen LogP contribution in [0.4, 0.5) is 0 Å². The lowest BCUT2D eigenvalue weighted by molar-refractivity contribution is 0.0553. The number of aromatic hydroxyl groups is 6. The zero-order chi connectivity index (χ0) is 42.7. The Bertz CT molecular complexity index is 2070. The smallest absolute Gasteiger partial charge is 0.167 e. The molecular formula is C42H46N6O12. The van der Waals surface area contributed by atoms with Gasteiger partial charge in [0.15, 0.2) is 72.4 Å². The summed E-state index contributed by atoms with van der Waals surface area (Å²) in [6.07, 6.45) is 11.5. The van der Waals surface area contributed by atoms with E-state index in [1.54, 1.807) is 60.7 Å². The molecule has 0 bridgehead atoms. The monoisotopic (exact) mass is 826 g/mol. The van der Waals surface area contributed by atoms with Gasteiger partial charge in [-0.05, 0) is 61.4 Å². The summed E-state index contributed by atoms with van der Waals surface area (Å²) in [5.74, 6) is -1.06. The number of aliphatic imine (C=N–C) groups is 2. The van der Waals surface area contributed by atoms with Crippen LogP contribution in [0.3, 0.4) is 0 Å². The Labute approximate surface area is 345 Å². The van der Waals surface area contributed by atoms with E-state index in [1.807, 2.05) is 0 Å². The maximum atomic E-state index is 10.7. The Hall–Kier alpha value is -7.50. The van der Waals surface area contributed by atoms with E-state index in [1.165, 1.54) is 51.5 Å². The van der Waals surface area contributed by atoms with Gasteiger partial charge in [-0.2, -0.15) is 0 Å². The number of para-hydroxylation sites is 2. The third-order valence-electron chi connectivity index (χ3n) is 9.03. The molecule has 1 fully saturated rings. The predicted molar refractivity (Wildman–Crippen MR) is 224 cm³/mol. The molecule has 0 amide bonds. The third-order valence-corrected chi connectivity index (χ3v) is 9.03. The van der Waals surface area contributed by atoms with Crippen LogP contribution in [0, 0.1) is 0 Å². The maximum absolute atomic E-state index is 10.7. The number of rotatable bonds is 20. The molecule has 0 aromatic heterocycles. The van der Waals surface area contributed by atoms with Crippen LogP contribution in [0.1, 0.15) is 59.1 Å². The lowest BCUT2D eigenvalue weighted by atomic mass is 9.91.